The Morgan fingerprint density at radius 1 is 1.15 bits per heavy atom. The maximum atomic E-state index is 5.92. The lowest BCUT2D eigenvalue weighted by atomic mass is 10.2. The lowest BCUT2D eigenvalue weighted by Crippen LogP contribution is -1.99. The van der Waals surface area contributed by atoms with Crippen molar-refractivity contribution in [3.63, 3.8) is 0 Å². The molecule has 0 atom stereocenters. The zero-order valence-electron chi connectivity index (χ0n) is 10.5. The van der Waals surface area contributed by atoms with Crippen LogP contribution >= 0.6 is 11.8 Å². The highest BCUT2D eigenvalue weighted by Crippen LogP contribution is 2.23. The second-order valence-corrected chi connectivity index (χ2v) is 4.92. The fourth-order valence-electron chi connectivity index (χ4n) is 1.72. The van der Waals surface area contributed by atoms with E-state index in [4.69, 9.17) is 15.9 Å². The summed E-state index contributed by atoms with van der Waals surface area (Å²) in [5, 5.41) is 8.95. The second-order valence-electron chi connectivity index (χ2n) is 4.00. The quantitative estimate of drug-likeness (QED) is 0.691. The summed E-state index contributed by atoms with van der Waals surface area (Å²) < 4.78 is 5.30. The van der Waals surface area contributed by atoms with Crippen LogP contribution in [0.2, 0.25) is 0 Å². The van der Waals surface area contributed by atoms with Crippen LogP contribution in [0.1, 0.15) is 11.7 Å². The third-order valence-corrected chi connectivity index (χ3v) is 3.44. The predicted octanol–water partition coefficient (Wildman–Crippen LogP) is 1.35. The molecule has 1 aromatic carbocycles. The van der Waals surface area contributed by atoms with Crippen LogP contribution in [-0.2, 0) is 12.3 Å². The van der Waals surface area contributed by atoms with Gasteiger partial charge in [-0.3, -0.25) is 0 Å². The van der Waals surface area contributed by atoms with E-state index in [1.807, 2.05) is 24.3 Å². The fraction of sp³-hybridized carbons (Fsp3) is 0.167. The van der Waals surface area contributed by atoms with Crippen LogP contribution in [0.25, 0.3) is 10.9 Å². The molecule has 7 nitrogen and oxygen atoms in total. The number of benzene rings is 1. The summed E-state index contributed by atoms with van der Waals surface area (Å²) in [6.45, 7) is 0.229. The van der Waals surface area contributed by atoms with E-state index in [1.165, 1.54) is 11.8 Å². The Morgan fingerprint density at radius 2 is 2.00 bits per heavy atom. The Bertz CT molecular complexity index is 744. The molecular formula is C12H12N6OS. The van der Waals surface area contributed by atoms with Crippen LogP contribution in [0, 0.1) is 0 Å². The SMILES string of the molecule is NCc1nnc(SCc2nc(N)c3ccccc3n2)o1. The maximum absolute atomic E-state index is 5.92. The van der Waals surface area contributed by atoms with E-state index in [0.29, 0.717) is 28.5 Å². The Balaban J connectivity index is 1.80. The standard InChI is InChI=1S/C12H12N6OS/c13-5-10-17-18-12(19-10)20-6-9-15-8-4-2-1-3-7(8)11(14)16-9/h1-4H,5-6,13H2,(H2,14,15,16). The van der Waals surface area contributed by atoms with Crippen molar-refractivity contribution < 1.29 is 4.42 Å². The van der Waals surface area contributed by atoms with Crippen molar-refractivity contribution in [1.82, 2.24) is 20.2 Å². The van der Waals surface area contributed by atoms with Gasteiger partial charge in [0.25, 0.3) is 5.22 Å². The molecule has 0 bridgehead atoms. The molecule has 0 saturated heterocycles. The molecule has 0 aliphatic heterocycles. The van der Waals surface area contributed by atoms with Crippen molar-refractivity contribution in [2.45, 2.75) is 17.5 Å². The minimum Gasteiger partial charge on any atom is -0.415 e. The molecule has 3 rings (SSSR count). The third kappa shape index (κ3) is 2.56. The Kier molecular flexibility index (Phi) is 3.48. The molecule has 0 fully saturated rings. The molecule has 2 heterocycles. The average molecular weight is 288 g/mol. The molecule has 102 valence electrons. The molecule has 0 amide bonds. The van der Waals surface area contributed by atoms with Crippen molar-refractivity contribution in [3.8, 4) is 0 Å². The topological polar surface area (TPSA) is 117 Å². The summed E-state index contributed by atoms with van der Waals surface area (Å²) >= 11 is 1.35. The Hall–Kier alpha value is -2.19. The molecule has 0 aliphatic rings. The molecule has 0 aliphatic carbocycles. The van der Waals surface area contributed by atoms with E-state index < -0.39 is 0 Å². The van der Waals surface area contributed by atoms with Crippen LogP contribution in [-0.4, -0.2) is 20.2 Å². The molecular weight excluding hydrogens is 276 g/mol. The molecule has 8 heteroatoms. The smallest absolute Gasteiger partial charge is 0.277 e. The van der Waals surface area contributed by atoms with E-state index in [2.05, 4.69) is 20.2 Å². The van der Waals surface area contributed by atoms with Gasteiger partial charge in [0, 0.05) is 5.39 Å². The van der Waals surface area contributed by atoms with E-state index in [1.54, 1.807) is 0 Å². The number of anilines is 1. The van der Waals surface area contributed by atoms with E-state index in [9.17, 15) is 0 Å². The van der Waals surface area contributed by atoms with Gasteiger partial charge in [-0.15, -0.1) is 10.2 Å². The summed E-state index contributed by atoms with van der Waals surface area (Å²) in [5.41, 5.74) is 12.2. The van der Waals surface area contributed by atoms with Gasteiger partial charge < -0.3 is 15.9 Å². The minimum atomic E-state index is 0.229. The number of aromatic nitrogens is 4. The van der Waals surface area contributed by atoms with Crippen LogP contribution < -0.4 is 11.5 Å². The average Bonchev–Trinajstić information content (AvgIpc) is 2.93. The Labute approximate surface area is 118 Å². The van der Waals surface area contributed by atoms with Crippen LogP contribution in [0.4, 0.5) is 5.82 Å². The zero-order chi connectivity index (χ0) is 13.9. The van der Waals surface area contributed by atoms with Gasteiger partial charge in [0.1, 0.15) is 11.6 Å². The molecule has 4 N–H and O–H groups in total. The van der Waals surface area contributed by atoms with E-state index in [-0.39, 0.29) is 6.54 Å². The molecule has 0 spiro atoms. The first-order valence-corrected chi connectivity index (χ1v) is 6.91. The summed E-state index contributed by atoms with van der Waals surface area (Å²) in [7, 11) is 0. The predicted molar refractivity (Wildman–Crippen MR) is 75.7 cm³/mol. The highest BCUT2D eigenvalue weighted by Gasteiger charge is 2.09. The Morgan fingerprint density at radius 3 is 2.80 bits per heavy atom. The van der Waals surface area contributed by atoms with Gasteiger partial charge in [-0.25, -0.2) is 9.97 Å². The number of para-hydroxylation sites is 1. The van der Waals surface area contributed by atoms with Crippen molar-refractivity contribution in [1.29, 1.82) is 0 Å². The normalized spacial score (nSPS) is 11.1. The van der Waals surface area contributed by atoms with Gasteiger partial charge in [0.2, 0.25) is 5.89 Å². The largest absolute Gasteiger partial charge is 0.415 e. The molecule has 0 unspecified atom stereocenters. The maximum Gasteiger partial charge on any atom is 0.277 e. The monoisotopic (exact) mass is 288 g/mol. The summed E-state index contributed by atoms with van der Waals surface area (Å²) in [6.07, 6.45) is 0. The highest BCUT2D eigenvalue weighted by atomic mass is 32.2. The van der Waals surface area contributed by atoms with Gasteiger partial charge >= 0.3 is 0 Å². The number of rotatable bonds is 4. The van der Waals surface area contributed by atoms with Crippen LogP contribution in [0.5, 0.6) is 0 Å². The van der Waals surface area contributed by atoms with Crippen LogP contribution in [0.3, 0.4) is 0 Å². The number of nitrogens with zero attached hydrogens (tertiary/aromatic N) is 4. The molecule has 3 aromatic rings. The van der Waals surface area contributed by atoms with Crippen molar-refractivity contribution in [3.05, 3.63) is 36.0 Å². The zero-order valence-corrected chi connectivity index (χ0v) is 11.3. The summed E-state index contributed by atoms with van der Waals surface area (Å²) in [4.78, 5) is 8.73. The number of hydrogen-bond acceptors (Lipinski definition) is 8. The first-order chi connectivity index (χ1) is 9.76. The number of nitrogens with two attached hydrogens (primary N) is 2. The lowest BCUT2D eigenvalue weighted by Gasteiger charge is -2.03. The van der Waals surface area contributed by atoms with Gasteiger partial charge in [-0.1, -0.05) is 23.9 Å². The van der Waals surface area contributed by atoms with Crippen molar-refractivity contribution >= 4 is 28.5 Å². The van der Waals surface area contributed by atoms with Gasteiger partial charge in [-0.05, 0) is 12.1 Å². The van der Waals surface area contributed by atoms with Crippen molar-refractivity contribution in [2.24, 2.45) is 5.73 Å². The summed E-state index contributed by atoms with van der Waals surface area (Å²) in [6, 6.07) is 7.62. The number of fused-ring (bicyclic) bond motifs is 1. The van der Waals surface area contributed by atoms with E-state index in [0.717, 1.165) is 10.9 Å². The van der Waals surface area contributed by atoms with Gasteiger partial charge in [-0.2, -0.15) is 0 Å². The number of hydrogen-bond donors (Lipinski definition) is 2. The molecule has 0 saturated carbocycles. The number of nitrogen functional groups attached to an aromatic ring is 1. The first-order valence-electron chi connectivity index (χ1n) is 5.92. The minimum absolute atomic E-state index is 0.229. The molecule has 0 radical (unpaired) electrons. The second kappa shape index (κ2) is 5.43. The molecule has 20 heavy (non-hydrogen) atoms. The molecule has 2 aromatic heterocycles. The third-order valence-electron chi connectivity index (χ3n) is 2.63. The van der Waals surface area contributed by atoms with Crippen molar-refractivity contribution in [2.75, 3.05) is 5.73 Å². The van der Waals surface area contributed by atoms with E-state index >= 15 is 0 Å². The number of thioether (sulfide) groups is 1. The van der Waals surface area contributed by atoms with Gasteiger partial charge in [0.05, 0.1) is 17.8 Å². The first kappa shape index (κ1) is 12.8. The van der Waals surface area contributed by atoms with Crippen LogP contribution in [0.15, 0.2) is 33.9 Å². The van der Waals surface area contributed by atoms with Gasteiger partial charge in [0.15, 0.2) is 0 Å². The fourth-order valence-corrected chi connectivity index (χ4v) is 2.36. The highest BCUT2D eigenvalue weighted by molar-refractivity contribution is 7.98. The summed E-state index contributed by atoms with van der Waals surface area (Å²) in [5.74, 6) is 2.01. The lowest BCUT2D eigenvalue weighted by molar-refractivity contribution is 0.414.